The summed E-state index contributed by atoms with van der Waals surface area (Å²) in [6, 6.07) is 9.19. The first kappa shape index (κ1) is 23.4. The van der Waals surface area contributed by atoms with Gasteiger partial charge in [0.25, 0.3) is 0 Å². The molecule has 34 heavy (non-hydrogen) atoms. The Balaban J connectivity index is 1.48. The van der Waals surface area contributed by atoms with Gasteiger partial charge in [0.15, 0.2) is 0 Å². The maximum Gasteiger partial charge on any atom is 0.416 e. The normalized spacial score (nSPS) is 15.1. The fraction of sp³-hybridized carbons (Fsp3) is 0.125. The monoisotopic (exact) mass is 485 g/mol. The Hall–Kier alpha value is -3.79. The fourth-order valence-corrected chi connectivity index (χ4v) is 4.92. The van der Waals surface area contributed by atoms with Gasteiger partial charge in [0.05, 0.1) is 20.7 Å². The number of carbonyl (C=O) groups is 1. The Kier molecular flexibility index (Phi) is 6.09. The van der Waals surface area contributed by atoms with E-state index in [2.05, 4.69) is 21.9 Å². The molecule has 0 spiro atoms. The average Bonchev–Trinajstić information content (AvgIpc) is 3.26. The van der Waals surface area contributed by atoms with Crippen LogP contribution < -0.4 is 15.9 Å². The van der Waals surface area contributed by atoms with E-state index in [0.29, 0.717) is 10.9 Å². The van der Waals surface area contributed by atoms with Crippen LogP contribution in [0.4, 0.5) is 13.2 Å². The number of carbonyl (C=O) groups excluding carboxylic acids is 1. The number of nitrogens with zero attached hydrogens (tertiary/aromatic N) is 2. The van der Waals surface area contributed by atoms with E-state index in [4.69, 9.17) is 0 Å². The van der Waals surface area contributed by atoms with Crippen LogP contribution in [0.25, 0.3) is 12.2 Å². The van der Waals surface area contributed by atoms with E-state index in [0.717, 1.165) is 29.5 Å². The minimum Gasteiger partial charge on any atom is -0.350 e. The Morgan fingerprint density at radius 1 is 1.12 bits per heavy atom. The molecular weight excluding hydrogens is 467 g/mol. The maximum atomic E-state index is 13.0. The lowest BCUT2D eigenvalue weighted by atomic mass is 10.1. The van der Waals surface area contributed by atoms with Gasteiger partial charge in [-0.25, -0.2) is 8.42 Å². The number of halogens is 3. The van der Waals surface area contributed by atoms with Crippen molar-refractivity contribution in [3.63, 3.8) is 0 Å². The van der Waals surface area contributed by atoms with Gasteiger partial charge in [-0.05, 0) is 53.6 Å². The third-order valence-electron chi connectivity index (χ3n) is 5.26. The highest BCUT2D eigenvalue weighted by Gasteiger charge is 2.32. The second-order valence-electron chi connectivity index (χ2n) is 7.49. The summed E-state index contributed by atoms with van der Waals surface area (Å²) < 4.78 is 64.9. The van der Waals surface area contributed by atoms with Crippen molar-refractivity contribution in [2.24, 2.45) is 4.99 Å². The van der Waals surface area contributed by atoms with Gasteiger partial charge in [0.1, 0.15) is 6.04 Å². The molecule has 4 rings (SSSR count). The van der Waals surface area contributed by atoms with Crippen LogP contribution in [-0.2, 0) is 27.4 Å². The van der Waals surface area contributed by atoms with E-state index in [1.807, 2.05) is 0 Å². The number of amides is 1. The molecule has 2 heterocycles. The summed E-state index contributed by atoms with van der Waals surface area (Å²) in [5.41, 5.74) is -0.460. The van der Waals surface area contributed by atoms with E-state index in [1.165, 1.54) is 24.3 Å². The summed E-state index contributed by atoms with van der Waals surface area (Å²) in [6.07, 6.45) is 1.39. The molecule has 0 aliphatic carbocycles. The van der Waals surface area contributed by atoms with Gasteiger partial charge in [0, 0.05) is 24.2 Å². The molecule has 10 heteroatoms. The topological polar surface area (TPSA) is 88.5 Å². The lowest BCUT2D eigenvalue weighted by Gasteiger charge is -2.13. The highest BCUT2D eigenvalue weighted by Crippen LogP contribution is 2.33. The number of hydrogen-bond acceptors (Lipinski definition) is 5. The number of sulfone groups is 1. The Morgan fingerprint density at radius 2 is 1.85 bits per heavy atom. The highest BCUT2D eigenvalue weighted by molar-refractivity contribution is 7.91. The van der Waals surface area contributed by atoms with Crippen molar-refractivity contribution in [3.05, 3.63) is 94.8 Å². The zero-order valence-electron chi connectivity index (χ0n) is 17.6. The van der Waals surface area contributed by atoms with E-state index >= 15 is 0 Å². The highest BCUT2D eigenvalue weighted by atomic mass is 32.2. The molecule has 1 aliphatic rings. The lowest BCUT2D eigenvalue weighted by Crippen LogP contribution is -2.31. The molecule has 0 saturated carbocycles. The minimum absolute atomic E-state index is 0.0903. The van der Waals surface area contributed by atoms with Crippen LogP contribution in [0, 0.1) is 0 Å². The molecule has 1 aromatic heterocycles. The number of rotatable bonds is 6. The third kappa shape index (κ3) is 4.62. The van der Waals surface area contributed by atoms with Gasteiger partial charge in [0.2, 0.25) is 15.7 Å². The second-order valence-corrected chi connectivity index (χ2v) is 9.41. The summed E-state index contributed by atoms with van der Waals surface area (Å²) >= 11 is 0. The molecule has 1 N–H and O–H groups in total. The number of nitrogens with one attached hydrogen (secondary N) is 1. The summed E-state index contributed by atoms with van der Waals surface area (Å²) in [6.45, 7) is 3.58. The first-order valence-corrected chi connectivity index (χ1v) is 11.5. The molecule has 1 amide bonds. The molecule has 0 saturated heterocycles. The summed E-state index contributed by atoms with van der Waals surface area (Å²) in [7, 11) is -4.09. The first-order valence-electron chi connectivity index (χ1n) is 10.0. The van der Waals surface area contributed by atoms with E-state index in [9.17, 15) is 26.4 Å². The van der Waals surface area contributed by atoms with Crippen molar-refractivity contribution in [1.29, 1.82) is 0 Å². The van der Waals surface area contributed by atoms with Crippen LogP contribution in [0.1, 0.15) is 16.7 Å². The van der Waals surface area contributed by atoms with Crippen molar-refractivity contribution >= 4 is 27.9 Å². The molecule has 0 fully saturated rings. The molecular formula is C24H18F3N3O3S. The maximum absolute atomic E-state index is 13.0. The van der Waals surface area contributed by atoms with Gasteiger partial charge in [-0.3, -0.25) is 14.8 Å². The third-order valence-corrected chi connectivity index (χ3v) is 7.10. The number of fused-ring (bicyclic) bond motifs is 1. The first-order chi connectivity index (χ1) is 16.1. The molecule has 1 aliphatic heterocycles. The number of benzene rings is 2. The zero-order valence-corrected chi connectivity index (χ0v) is 18.4. The van der Waals surface area contributed by atoms with Gasteiger partial charge in [-0.1, -0.05) is 24.8 Å². The Labute approximate surface area is 193 Å². The van der Waals surface area contributed by atoms with E-state index < -0.39 is 27.6 Å². The van der Waals surface area contributed by atoms with Crippen LogP contribution in [-0.4, -0.2) is 25.4 Å². The fourth-order valence-electron chi connectivity index (χ4n) is 3.47. The molecule has 2 aromatic carbocycles. The van der Waals surface area contributed by atoms with Crippen LogP contribution >= 0.6 is 0 Å². The molecule has 174 valence electrons. The second kappa shape index (κ2) is 8.86. The molecule has 0 bridgehead atoms. The minimum atomic E-state index is -4.60. The van der Waals surface area contributed by atoms with Crippen molar-refractivity contribution in [3.8, 4) is 0 Å². The summed E-state index contributed by atoms with van der Waals surface area (Å²) in [5, 5.41) is 4.21. The van der Waals surface area contributed by atoms with Crippen LogP contribution in [0.5, 0.6) is 0 Å². The number of aromatic nitrogens is 1. The average molecular weight is 485 g/mol. The number of hydrogen-bond donors (Lipinski definition) is 1. The molecule has 1 unspecified atom stereocenters. The molecule has 3 aromatic rings. The molecule has 6 nitrogen and oxygen atoms in total. The van der Waals surface area contributed by atoms with Gasteiger partial charge < -0.3 is 5.32 Å². The SMILES string of the molecule is C=Cc1cc(C(F)(F)F)ccc1S(=O)(=O)c1ccc(CNC(=O)C2C=c3cnccc3=N2)cc1. The van der Waals surface area contributed by atoms with Crippen molar-refractivity contribution in [2.45, 2.75) is 28.6 Å². The number of alkyl halides is 3. The van der Waals surface area contributed by atoms with Gasteiger partial charge >= 0.3 is 6.18 Å². The summed E-state index contributed by atoms with van der Waals surface area (Å²) in [4.78, 5) is 20.4. The smallest absolute Gasteiger partial charge is 0.350 e. The summed E-state index contributed by atoms with van der Waals surface area (Å²) in [5.74, 6) is -0.312. The van der Waals surface area contributed by atoms with Crippen molar-refractivity contribution in [2.75, 3.05) is 0 Å². The Morgan fingerprint density at radius 3 is 2.50 bits per heavy atom. The predicted octanol–water partition coefficient (Wildman–Crippen LogP) is 2.67. The van der Waals surface area contributed by atoms with E-state index in [-0.39, 0.29) is 27.8 Å². The molecule has 0 radical (unpaired) electrons. The Bertz CT molecular complexity index is 1460. The zero-order chi connectivity index (χ0) is 24.5. The number of pyridine rings is 1. The van der Waals surface area contributed by atoms with Crippen LogP contribution in [0.2, 0.25) is 0 Å². The van der Waals surface area contributed by atoms with Crippen molar-refractivity contribution in [1.82, 2.24) is 10.3 Å². The van der Waals surface area contributed by atoms with Gasteiger partial charge in [-0.2, -0.15) is 13.2 Å². The van der Waals surface area contributed by atoms with Crippen LogP contribution in [0.15, 0.2) is 82.3 Å². The van der Waals surface area contributed by atoms with Crippen molar-refractivity contribution < 1.29 is 26.4 Å². The molecule has 1 atom stereocenters. The van der Waals surface area contributed by atoms with Gasteiger partial charge in [-0.15, -0.1) is 0 Å². The van der Waals surface area contributed by atoms with E-state index in [1.54, 1.807) is 24.5 Å². The largest absolute Gasteiger partial charge is 0.416 e. The van der Waals surface area contributed by atoms with Crippen LogP contribution in [0.3, 0.4) is 0 Å². The predicted molar refractivity (Wildman–Crippen MR) is 119 cm³/mol. The standard InChI is InChI=1S/C24H18F3N3O3S/c1-2-16-11-18(24(25,26)27)5-8-22(16)34(32,33)19-6-3-15(4-7-19)13-29-23(31)21-12-17-14-28-10-9-20(17)30-21/h2-12,14,21H,1,13H2,(H,29,31). The lowest BCUT2D eigenvalue weighted by molar-refractivity contribution is -0.137. The quantitative estimate of drug-likeness (QED) is 0.582.